The van der Waals surface area contributed by atoms with E-state index in [1.807, 2.05) is 0 Å². The number of hydrogen-bond donors (Lipinski definition) is 1. The van der Waals surface area contributed by atoms with E-state index in [0.717, 1.165) is 0 Å². The van der Waals surface area contributed by atoms with Gasteiger partial charge in [-0.3, -0.25) is 0 Å². The van der Waals surface area contributed by atoms with Crippen molar-refractivity contribution in [1.82, 2.24) is 15.0 Å². The molecule has 1 aromatic heterocycles. The second kappa shape index (κ2) is 2.47. The van der Waals surface area contributed by atoms with E-state index in [2.05, 4.69) is 10.2 Å². The molecule has 1 atom stereocenters. The lowest BCUT2D eigenvalue weighted by atomic mass is 10.3. The molecule has 12 heavy (non-hydrogen) atoms. The molecule has 6 heteroatoms. The number of cyclic esters (lactones) is 1. The maximum Gasteiger partial charge on any atom is 0.332 e. The smallest absolute Gasteiger partial charge is 0.332 e. The Labute approximate surface area is 68.3 Å². The van der Waals surface area contributed by atoms with Crippen LogP contribution in [-0.4, -0.2) is 27.6 Å². The van der Waals surface area contributed by atoms with Crippen LogP contribution < -0.4 is 5.73 Å². The Hall–Kier alpha value is -1.59. The molecule has 1 aromatic rings. The summed E-state index contributed by atoms with van der Waals surface area (Å²) < 4.78 is 4.75. The first kappa shape index (κ1) is 7.08. The van der Waals surface area contributed by atoms with Gasteiger partial charge >= 0.3 is 5.97 Å². The predicted octanol–water partition coefficient (Wildman–Crippen LogP) is -0.652. The van der Waals surface area contributed by atoms with E-state index in [1.54, 1.807) is 0 Å². The summed E-state index contributed by atoms with van der Waals surface area (Å²) >= 11 is 0. The Morgan fingerprint density at radius 1 is 1.75 bits per heavy atom. The van der Waals surface area contributed by atoms with Crippen LogP contribution in [0.15, 0.2) is 6.20 Å². The second-order valence-corrected chi connectivity index (χ2v) is 2.56. The summed E-state index contributed by atoms with van der Waals surface area (Å²) in [5.41, 5.74) is 5.35. The summed E-state index contributed by atoms with van der Waals surface area (Å²) in [5, 5.41) is 7.65. The van der Waals surface area contributed by atoms with Crippen molar-refractivity contribution in [1.29, 1.82) is 0 Å². The second-order valence-electron chi connectivity index (χ2n) is 2.56. The molecule has 2 heterocycles. The summed E-state index contributed by atoms with van der Waals surface area (Å²) in [6.45, 7) is 0.435. The molecule has 0 bridgehead atoms. The molecule has 1 fully saturated rings. The highest BCUT2D eigenvalue weighted by Gasteiger charge is 2.29. The van der Waals surface area contributed by atoms with Gasteiger partial charge in [0, 0.05) is 6.42 Å². The van der Waals surface area contributed by atoms with E-state index in [4.69, 9.17) is 10.5 Å². The molecule has 0 spiro atoms. The minimum atomic E-state index is -0.387. The van der Waals surface area contributed by atoms with Crippen molar-refractivity contribution in [3.8, 4) is 0 Å². The van der Waals surface area contributed by atoms with Crippen molar-refractivity contribution in [3.05, 3.63) is 6.20 Å². The average Bonchev–Trinajstić information content (AvgIpc) is 2.58. The normalized spacial score (nSPS) is 22.7. The molecular formula is C6H8N4O2. The van der Waals surface area contributed by atoms with Gasteiger partial charge in [0.15, 0.2) is 11.9 Å². The molecule has 64 valence electrons. The Bertz CT molecular complexity index is 308. The molecule has 0 saturated carbocycles. The van der Waals surface area contributed by atoms with Gasteiger partial charge in [-0.15, -0.1) is 5.10 Å². The van der Waals surface area contributed by atoms with Gasteiger partial charge < -0.3 is 10.5 Å². The van der Waals surface area contributed by atoms with Crippen LogP contribution in [0.5, 0.6) is 0 Å². The summed E-state index contributed by atoms with van der Waals surface area (Å²) in [6, 6.07) is -0.387. The maximum absolute atomic E-state index is 11.0. The minimum absolute atomic E-state index is 0.286. The third kappa shape index (κ3) is 1.01. The number of rotatable bonds is 1. The Kier molecular flexibility index (Phi) is 1.46. The van der Waals surface area contributed by atoms with Crippen molar-refractivity contribution >= 4 is 11.8 Å². The van der Waals surface area contributed by atoms with Crippen LogP contribution in [0.4, 0.5) is 5.82 Å². The van der Waals surface area contributed by atoms with Crippen LogP contribution in [0.1, 0.15) is 12.5 Å². The third-order valence-corrected chi connectivity index (χ3v) is 1.71. The fraction of sp³-hybridized carbons (Fsp3) is 0.500. The van der Waals surface area contributed by atoms with Crippen molar-refractivity contribution < 1.29 is 9.53 Å². The Balaban J connectivity index is 2.24. The number of nitrogens with zero attached hydrogens (tertiary/aromatic N) is 3. The molecule has 6 nitrogen and oxygen atoms in total. The Morgan fingerprint density at radius 2 is 2.58 bits per heavy atom. The number of nitrogens with two attached hydrogens (primary N) is 1. The molecule has 1 aliphatic heterocycles. The SMILES string of the molecule is Nc1cnn(C2CCOC2=O)n1. The third-order valence-electron chi connectivity index (χ3n) is 1.71. The van der Waals surface area contributed by atoms with Crippen LogP contribution in [0, 0.1) is 0 Å². The van der Waals surface area contributed by atoms with Gasteiger partial charge in [-0.1, -0.05) is 0 Å². The zero-order chi connectivity index (χ0) is 8.55. The lowest BCUT2D eigenvalue weighted by Gasteiger charge is -2.01. The highest BCUT2D eigenvalue weighted by Crippen LogP contribution is 2.18. The van der Waals surface area contributed by atoms with Crippen molar-refractivity contribution in [2.45, 2.75) is 12.5 Å². The fourth-order valence-corrected chi connectivity index (χ4v) is 1.13. The molecular weight excluding hydrogens is 160 g/mol. The van der Waals surface area contributed by atoms with Crippen molar-refractivity contribution in [2.75, 3.05) is 12.3 Å². The maximum atomic E-state index is 11.0. The van der Waals surface area contributed by atoms with E-state index in [1.165, 1.54) is 11.0 Å². The van der Waals surface area contributed by atoms with Crippen LogP contribution in [0.3, 0.4) is 0 Å². The molecule has 2 rings (SSSR count). The van der Waals surface area contributed by atoms with E-state index < -0.39 is 0 Å². The van der Waals surface area contributed by atoms with Crippen LogP contribution >= 0.6 is 0 Å². The number of aromatic nitrogens is 3. The topological polar surface area (TPSA) is 83.0 Å². The average molecular weight is 168 g/mol. The van der Waals surface area contributed by atoms with Gasteiger partial charge in [0.2, 0.25) is 0 Å². The lowest BCUT2D eigenvalue weighted by Crippen LogP contribution is -2.16. The lowest BCUT2D eigenvalue weighted by molar-refractivity contribution is -0.141. The van der Waals surface area contributed by atoms with Crippen LogP contribution in [-0.2, 0) is 9.53 Å². The first-order chi connectivity index (χ1) is 5.77. The quantitative estimate of drug-likeness (QED) is 0.563. The standard InChI is InChI=1S/C6H8N4O2/c7-5-3-8-10(9-5)4-1-2-12-6(4)11/h3-4H,1-2H2,(H2,7,9). The molecule has 2 N–H and O–H groups in total. The van der Waals surface area contributed by atoms with Crippen molar-refractivity contribution in [2.24, 2.45) is 0 Å². The predicted molar refractivity (Wildman–Crippen MR) is 39.0 cm³/mol. The number of anilines is 1. The summed E-state index contributed by atoms with van der Waals surface area (Å²) in [7, 11) is 0. The first-order valence-electron chi connectivity index (χ1n) is 3.61. The van der Waals surface area contributed by atoms with Gasteiger partial charge in [-0.2, -0.15) is 9.90 Å². The van der Waals surface area contributed by atoms with E-state index in [-0.39, 0.29) is 12.0 Å². The van der Waals surface area contributed by atoms with Gasteiger partial charge in [0.05, 0.1) is 12.8 Å². The summed E-state index contributed by atoms with van der Waals surface area (Å²) in [4.78, 5) is 12.3. The van der Waals surface area contributed by atoms with Crippen LogP contribution in [0.25, 0.3) is 0 Å². The van der Waals surface area contributed by atoms with Crippen LogP contribution in [0.2, 0.25) is 0 Å². The largest absolute Gasteiger partial charge is 0.464 e. The molecule has 1 unspecified atom stereocenters. The molecule has 0 aromatic carbocycles. The number of carbonyl (C=O) groups excluding carboxylic acids is 1. The summed E-state index contributed by atoms with van der Waals surface area (Å²) in [6.07, 6.45) is 2.03. The highest BCUT2D eigenvalue weighted by molar-refractivity contribution is 5.75. The molecule has 1 saturated heterocycles. The number of ether oxygens (including phenoxy) is 1. The van der Waals surface area contributed by atoms with Gasteiger partial charge in [-0.25, -0.2) is 4.79 Å². The van der Waals surface area contributed by atoms with Gasteiger partial charge in [0.25, 0.3) is 0 Å². The van der Waals surface area contributed by atoms with E-state index in [9.17, 15) is 4.79 Å². The fourth-order valence-electron chi connectivity index (χ4n) is 1.13. The van der Waals surface area contributed by atoms with Gasteiger partial charge in [0.1, 0.15) is 0 Å². The Morgan fingerprint density at radius 3 is 3.08 bits per heavy atom. The minimum Gasteiger partial charge on any atom is -0.464 e. The van der Waals surface area contributed by atoms with Gasteiger partial charge in [-0.05, 0) is 0 Å². The zero-order valence-electron chi connectivity index (χ0n) is 6.30. The zero-order valence-corrected chi connectivity index (χ0v) is 6.30. The number of nitrogen functional groups attached to an aromatic ring is 1. The van der Waals surface area contributed by atoms with Crippen molar-refractivity contribution in [3.63, 3.8) is 0 Å². The number of carbonyl (C=O) groups is 1. The summed E-state index contributed by atoms with van der Waals surface area (Å²) in [5.74, 6) is 0.0281. The molecule has 0 aliphatic carbocycles. The monoisotopic (exact) mass is 168 g/mol. The molecule has 1 aliphatic rings. The van der Waals surface area contributed by atoms with E-state index >= 15 is 0 Å². The molecule has 0 amide bonds. The highest BCUT2D eigenvalue weighted by atomic mass is 16.5. The number of hydrogen-bond acceptors (Lipinski definition) is 5. The van der Waals surface area contributed by atoms with E-state index in [0.29, 0.717) is 18.8 Å². The number of esters is 1. The first-order valence-corrected chi connectivity index (χ1v) is 3.61. The molecule has 0 radical (unpaired) electrons.